The summed E-state index contributed by atoms with van der Waals surface area (Å²) >= 11 is 0. The van der Waals surface area contributed by atoms with E-state index in [-0.39, 0.29) is 30.6 Å². The van der Waals surface area contributed by atoms with Crippen LogP contribution in [0.5, 0.6) is 0 Å². The normalized spacial score (nSPS) is 12.8. The second kappa shape index (κ2) is 10.8. The van der Waals surface area contributed by atoms with Gasteiger partial charge >= 0.3 is 0 Å². The van der Waals surface area contributed by atoms with Crippen molar-refractivity contribution >= 4 is 22.8 Å². The number of hydrogen-bond acceptors (Lipinski definition) is 4. The minimum Gasteiger partial charge on any atom is -0.349 e. The van der Waals surface area contributed by atoms with E-state index in [1.165, 1.54) is 22.9 Å². The number of aromatic amines is 1. The number of hydrogen-bond donors (Lipinski definition) is 3. The van der Waals surface area contributed by atoms with Gasteiger partial charge in [-0.1, -0.05) is 24.3 Å². The van der Waals surface area contributed by atoms with Gasteiger partial charge in [0.15, 0.2) is 11.6 Å². The third-order valence-electron chi connectivity index (χ3n) is 7.00. The van der Waals surface area contributed by atoms with E-state index >= 15 is 0 Å². The molecule has 0 saturated heterocycles. The summed E-state index contributed by atoms with van der Waals surface area (Å²) in [6.07, 6.45) is 6.87. The maximum absolute atomic E-state index is 13.6. The van der Waals surface area contributed by atoms with Crippen molar-refractivity contribution in [2.45, 2.75) is 32.0 Å². The molecule has 3 N–H and O–H groups in total. The molecule has 1 saturated carbocycles. The van der Waals surface area contributed by atoms with Crippen molar-refractivity contribution in [3.8, 4) is 11.1 Å². The van der Waals surface area contributed by atoms with Crippen molar-refractivity contribution in [3.63, 3.8) is 0 Å². The minimum atomic E-state index is -1.00. The molecule has 1 aliphatic rings. The zero-order valence-corrected chi connectivity index (χ0v) is 21.8. The molecular weight excluding hydrogens is 528 g/mol. The fourth-order valence-electron chi connectivity index (χ4n) is 4.66. The number of halogens is 2. The number of pyridine rings is 2. The summed E-state index contributed by atoms with van der Waals surface area (Å²) in [5, 5.41) is 6.57. The third kappa shape index (κ3) is 5.62. The topological polar surface area (TPSA) is 109 Å². The number of nitrogens with zero attached hydrogens (tertiary/aromatic N) is 2. The highest BCUT2D eigenvalue weighted by Crippen LogP contribution is 2.29. The highest BCUT2D eigenvalue weighted by Gasteiger charge is 2.24. The molecule has 0 bridgehead atoms. The number of aromatic nitrogens is 3. The second-order valence-electron chi connectivity index (χ2n) is 10.1. The molecule has 0 radical (unpaired) electrons. The Hall–Kier alpha value is -5.12. The van der Waals surface area contributed by atoms with Gasteiger partial charge in [-0.05, 0) is 65.9 Å². The van der Waals surface area contributed by atoms with Crippen molar-refractivity contribution in [2.24, 2.45) is 0 Å². The van der Waals surface area contributed by atoms with Crippen LogP contribution in [0.25, 0.3) is 22.2 Å². The van der Waals surface area contributed by atoms with Crippen LogP contribution in [-0.4, -0.2) is 32.4 Å². The molecule has 5 aromatic rings. The maximum atomic E-state index is 13.6. The first-order chi connectivity index (χ1) is 19.9. The van der Waals surface area contributed by atoms with Crippen LogP contribution in [0.4, 0.5) is 8.78 Å². The van der Waals surface area contributed by atoms with Gasteiger partial charge in [0.2, 0.25) is 0 Å². The summed E-state index contributed by atoms with van der Waals surface area (Å²) in [5.74, 6) is -2.67. The van der Waals surface area contributed by atoms with Crippen LogP contribution in [-0.2, 0) is 13.1 Å². The lowest BCUT2D eigenvalue weighted by atomic mass is 10.0. The first kappa shape index (κ1) is 26.1. The van der Waals surface area contributed by atoms with Gasteiger partial charge in [0, 0.05) is 42.1 Å². The fourth-order valence-corrected chi connectivity index (χ4v) is 4.66. The number of H-pyrrole nitrogens is 1. The Bertz CT molecular complexity index is 1860. The Morgan fingerprint density at radius 2 is 1.83 bits per heavy atom. The van der Waals surface area contributed by atoms with E-state index in [1.54, 1.807) is 12.3 Å². The van der Waals surface area contributed by atoms with Crippen LogP contribution in [0.1, 0.15) is 44.7 Å². The Labute approximate surface area is 233 Å². The average molecular weight is 554 g/mol. The van der Waals surface area contributed by atoms with Gasteiger partial charge in [0.25, 0.3) is 17.4 Å². The van der Waals surface area contributed by atoms with E-state index in [0.717, 1.165) is 47.1 Å². The summed E-state index contributed by atoms with van der Waals surface area (Å²) in [7, 11) is 0. The van der Waals surface area contributed by atoms with Crippen LogP contribution in [0.15, 0.2) is 84.0 Å². The number of carbonyl (C=O) groups excluding carboxylic acids is 2. The summed E-state index contributed by atoms with van der Waals surface area (Å²) in [5.41, 5.74) is 3.48. The molecule has 1 aliphatic carbocycles. The standard InChI is InChI=1S/C31H25F2N5O3/c32-26-9-6-19(12-27(26)33)17-38-10-2-5-23(31(38)41)30(40)36-14-18-3-1-4-20(11-18)25-16-35-28-24(25)13-21(15-34-28)29(39)37-22-7-8-22/h1-6,9-13,15-16,22H,7-8,14,17H2,(H,34,35)(H,36,40)(H,37,39). The van der Waals surface area contributed by atoms with Crippen LogP contribution in [0.3, 0.4) is 0 Å². The molecule has 10 heteroatoms. The van der Waals surface area contributed by atoms with Crippen LogP contribution in [0, 0.1) is 11.6 Å². The molecule has 6 rings (SSSR count). The van der Waals surface area contributed by atoms with Crippen LogP contribution in [0.2, 0.25) is 0 Å². The van der Waals surface area contributed by atoms with Crippen molar-refractivity contribution < 1.29 is 18.4 Å². The van der Waals surface area contributed by atoms with Crippen molar-refractivity contribution in [1.29, 1.82) is 0 Å². The SMILES string of the molecule is O=C(NC1CC1)c1cnc2[nH]cc(-c3cccc(CNC(=O)c4cccn(Cc5ccc(F)c(F)c5)c4=O)c3)c2c1. The summed E-state index contributed by atoms with van der Waals surface area (Å²) in [6.45, 7) is 0.155. The molecule has 206 valence electrons. The molecule has 41 heavy (non-hydrogen) atoms. The summed E-state index contributed by atoms with van der Waals surface area (Å²) in [4.78, 5) is 46.0. The Kier molecular flexibility index (Phi) is 6.88. The summed E-state index contributed by atoms with van der Waals surface area (Å²) < 4.78 is 28.1. The molecule has 3 aromatic heterocycles. The van der Waals surface area contributed by atoms with Gasteiger partial charge in [-0.15, -0.1) is 0 Å². The van der Waals surface area contributed by atoms with Crippen molar-refractivity contribution in [1.82, 2.24) is 25.2 Å². The quantitative estimate of drug-likeness (QED) is 0.262. The van der Waals surface area contributed by atoms with Gasteiger partial charge in [0.05, 0.1) is 12.1 Å². The molecule has 8 nitrogen and oxygen atoms in total. The molecule has 0 unspecified atom stereocenters. The Morgan fingerprint density at radius 1 is 0.976 bits per heavy atom. The van der Waals surface area contributed by atoms with Gasteiger partial charge < -0.3 is 20.2 Å². The monoisotopic (exact) mass is 553 g/mol. The molecule has 2 aromatic carbocycles. The molecule has 3 heterocycles. The lowest BCUT2D eigenvalue weighted by Gasteiger charge is -2.10. The Morgan fingerprint density at radius 3 is 2.63 bits per heavy atom. The highest BCUT2D eigenvalue weighted by atomic mass is 19.2. The highest BCUT2D eigenvalue weighted by molar-refractivity contribution is 6.01. The second-order valence-corrected chi connectivity index (χ2v) is 10.1. The van der Waals surface area contributed by atoms with Gasteiger partial charge in [0.1, 0.15) is 11.2 Å². The number of nitrogens with one attached hydrogen (secondary N) is 3. The van der Waals surface area contributed by atoms with Crippen molar-refractivity contribution in [3.05, 3.63) is 123 Å². The molecule has 2 amide bonds. The molecule has 0 spiro atoms. The summed E-state index contributed by atoms with van der Waals surface area (Å²) in [6, 6.07) is 16.0. The number of fused-ring (bicyclic) bond motifs is 1. The molecule has 0 aliphatic heterocycles. The zero-order valence-electron chi connectivity index (χ0n) is 21.8. The predicted molar refractivity (Wildman–Crippen MR) is 149 cm³/mol. The number of benzene rings is 2. The van der Waals surface area contributed by atoms with Gasteiger partial charge in [-0.3, -0.25) is 14.4 Å². The van der Waals surface area contributed by atoms with Crippen molar-refractivity contribution in [2.75, 3.05) is 0 Å². The van der Waals surface area contributed by atoms with E-state index in [2.05, 4.69) is 20.6 Å². The average Bonchev–Trinajstić information content (AvgIpc) is 3.69. The zero-order chi connectivity index (χ0) is 28.5. The number of amides is 2. The molecular formula is C31H25F2N5O3. The number of carbonyl (C=O) groups is 2. The van der Waals surface area contributed by atoms with Gasteiger partial charge in [-0.2, -0.15) is 0 Å². The van der Waals surface area contributed by atoms with Crippen LogP contribution >= 0.6 is 0 Å². The van der Waals surface area contributed by atoms with E-state index in [0.29, 0.717) is 16.8 Å². The van der Waals surface area contributed by atoms with Crippen LogP contribution < -0.4 is 16.2 Å². The molecule has 0 atom stereocenters. The predicted octanol–water partition coefficient (Wildman–Crippen LogP) is 4.54. The maximum Gasteiger partial charge on any atom is 0.263 e. The van der Waals surface area contributed by atoms with E-state index in [4.69, 9.17) is 0 Å². The third-order valence-corrected chi connectivity index (χ3v) is 7.00. The lowest BCUT2D eigenvalue weighted by molar-refractivity contribution is 0.0941. The Balaban J connectivity index is 1.17. The first-order valence-corrected chi connectivity index (χ1v) is 13.1. The fraction of sp³-hybridized carbons (Fsp3) is 0.161. The first-order valence-electron chi connectivity index (χ1n) is 13.1. The van der Waals surface area contributed by atoms with E-state index in [1.807, 2.05) is 36.5 Å². The lowest BCUT2D eigenvalue weighted by Crippen LogP contribution is -2.32. The van der Waals surface area contributed by atoms with Gasteiger partial charge in [-0.25, -0.2) is 13.8 Å². The minimum absolute atomic E-state index is 0.0113. The number of rotatable bonds is 8. The smallest absolute Gasteiger partial charge is 0.263 e. The largest absolute Gasteiger partial charge is 0.349 e. The van der Waals surface area contributed by atoms with E-state index in [9.17, 15) is 23.2 Å². The van der Waals surface area contributed by atoms with E-state index < -0.39 is 23.1 Å². The molecule has 1 fully saturated rings.